The van der Waals surface area contributed by atoms with Crippen LogP contribution in [0.25, 0.3) is 0 Å². The Balaban J connectivity index is 3.02. The molecule has 1 aromatic carbocycles. The van der Waals surface area contributed by atoms with Crippen molar-refractivity contribution in [3.05, 3.63) is 21.3 Å². The van der Waals surface area contributed by atoms with Crippen molar-refractivity contribution in [1.82, 2.24) is 5.32 Å². The van der Waals surface area contributed by atoms with Gasteiger partial charge in [0.15, 0.2) is 11.5 Å². The fraction of sp³-hybridized carbons (Fsp3) is 0.533. The highest BCUT2D eigenvalue weighted by molar-refractivity contribution is 14.1. The minimum absolute atomic E-state index is 0.0761. The van der Waals surface area contributed by atoms with Crippen LogP contribution in [0.1, 0.15) is 44.0 Å². The molecule has 112 valence electrons. The maximum atomic E-state index is 12.0. The normalized spacial score (nSPS) is 10.2. The van der Waals surface area contributed by atoms with E-state index in [1.165, 1.54) is 0 Å². The Labute approximate surface area is 134 Å². The molecule has 0 aliphatic rings. The van der Waals surface area contributed by atoms with E-state index in [1.54, 1.807) is 6.07 Å². The van der Waals surface area contributed by atoms with Gasteiger partial charge >= 0.3 is 0 Å². The third kappa shape index (κ3) is 4.85. The molecular weight excluding hydrogens is 369 g/mol. The molecule has 4 nitrogen and oxygen atoms in total. The SMILES string of the molecule is CCCNC(=O)c1cc(I)c(OCCC)c(OCC)c1. The van der Waals surface area contributed by atoms with Crippen molar-refractivity contribution in [2.75, 3.05) is 19.8 Å². The van der Waals surface area contributed by atoms with Gasteiger partial charge in [0.2, 0.25) is 0 Å². The molecule has 0 aromatic heterocycles. The lowest BCUT2D eigenvalue weighted by atomic mass is 10.2. The predicted octanol–water partition coefficient (Wildman–Crippen LogP) is 3.62. The van der Waals surface area contributed by atoms with Crippen LogP contribution in [0.15, 0.2) is 12.1 Å². The van der Waals surface area contributed by atoms with Crippen molar-refractivity contribution in [3.8, 4) is 11.5 Å². The zero-order chi connectivity index (χ0) is 15.0. The fourth-order valence-corrected chi connectivity index (χ4v) is 2.40. The van der Waals surface area contributed by atoms with Crippen LogP contribution < -0.4 is 14.8 Å². The first kappa shape index (κ1) is 17.1. The molecule has 0 aliphatic carbocycles. The van der Waals surface area contributed by atoms with Gasteiger partial charge in [-0.3, -0.25) is 4.79 Å². The van der Waals surface area contributed by atoms with Crippen molar-refractivity contribution in [2.24, 2.45) is 0 Å². The predicted molar refractivity (Wildman–Crippen MR) is 88.7 cm³/mol. The summed E-state index contributed by atoms with van der Waals surface area (Å²) in [4.78, 5) is 12.0. The van der Waals surface area contributed by atoms with Gasteiger partial charge in [0, 0.05) is 12.1 Å². The molecule has 0 unspecified atom stereocenters. The first-order valence-corrected chi connectivity index (χ1v) is 8.09. The van der Waals surface area contributed by atoms with Crippen LogP contribution in [0, 0.1) is 3.57 Å². The number of hydrogen-bond acceptors (Lipinski definition) is 3. The maximum Gasteiger partial charge on any atom is 0.251 e. The van der Waals surface area contributed by atoms with Gasteiger partial charge in [-0.15, -0.1) is 0 Å². The van der Waals surface area contributed by atoms with Crippen LogP contribution in [0.5, 0.6) is 11.5 Å². The minimum atomic E-state index is -0.0761. The molecule has 0 spiro atoms. The second-order valence-electron chi connectivity index (χ2n) is 4.32. The molecule has 0 saturated heterocycles. The summed E-state index contributed by atoms with van der Waals surface area (Å²) >= 11 is 2.18. The third-order valence-corrected chi connectivity index (χ3v) is 3.36. The number of amides is 1. The summed E-state index contributed by atoms with van der Waals surface area (Å²) in [6.45, 7) is 7.85. The van der Waals surface area contributed by atoms with E-state index in [1.807, 2.05) is 19.9 Å². The van der Waals surface area contributed by atoms with E-state index in [0.29, 0.717) is 31.1 Å². The van der Waals surface area contributed by atoms with Gasteiger partial charge < -0.3 is 14.8 Å². The van der Waals surface area contributed by atoms with E-state index in [2.05, 4.69) is 34.8 Å². The van der Waals surface area contributed by atoms with Gasteiger partial charge in [-0.2, -0.15) is 0 Å². The second kappa shape index (κ2) is 9.05. The Morgan fingerprint density at radius 2 is 1.95 bits per heavy atom. The number of hydrogen-bond donors (Lipinski definition) is 1. The number of rotatable bonds is 8. The van der Waals surface area contributed by atoms with Crippen molar-refractivity contribution in [3.63, 3.8) is 0 Å². The Morgan fingerprint density at radius 1 is 1.20 bits per heavy atom. The summed E-state index contributed by atoms with van der Waals surface area (Å²) in [6.07, 6.45) is 1.85. The number of nitrogens with one attached hydrogen (secondary N) is 1. The van der Waals surface area contributed by atoms with Crippen LogP contribution in [-0.2, 0) is 0 Å². The molecule has 0 radical (unpaired) electrons. The van der Waals surface area contributed by atoms with E-state index in [-0.39, 0.29) is 5.91 Å². The number of benzene rings is 1. The smallest absolute Gasteiger partial charge is 0.251 e. The first-order valence-electron chi connectivity index (χ1n) is 7.01. The monoisotopic (exact) mass is 391 g/mol. The third-order valence-electron chi connectivity index (χ3n) is 2.56. The maximum absolute atomic E-state index is 12.0. The number of ether oxygens (including phenoxy) is 2. The van der Waals surface area contributed by atoms with Crippen molar-refractivity contribution in [2.45, 2.75) is 33.6 Å². The molecule has 5 heteroatoms. The molecule has 0 fully saturated rings. The summed E-state index contributed by atoms with van der Waals surface area (Å²) < 4.78 is 12.2. The molecule has 0 atom stereocenters. The van der Waals surface area contributed by atoms with E-state index in [0.717, 1.165) is 22.2 Å². The summed E-state index contributed by atoms with van der Waals surface area (Å²) in [5.74, 6) is 1.28. The highest BCUT2D eigenvalue weighted by Crippen LogP contribution is 2.34. The van der Waals surface area contributed by atoms with Gasteiger partial charge in [0.25, 0.3) is 5.91 Å². The second-order valence-corrected chi connectivity index (χ2v) is 5.48. The van der Waals surface area contributed by atoms with Gasteiger partial charge in [0.1, 0.15) is 0 Å². The highest BCUT2D eigenvalue weighted by atomic mass is 127. The summed E-state index contributed by atoms with van der Waals surface area (Å²) in [5, 5.41) is 2.87. The van der Waals surface area contributed by atoms with Gasteiger partial charge in [0.05, 0.1) is 16.8 Å². The van der Waals surface area contributed by atoms with Crippen LogP contribution >= 0.6 is 22.6 Å². The van der Waals surface area contributed by atoms with E-state index in [4.69, 9.17) is 9.47 Å². The highest BCUT2D eigenvalue weighted by Gasteiger charge is 2.15. The summed E-state index contributed by atoms with van der Waals surface area (Å²) in [6, 6.07) is 3.58. The molecule has 1 amide bonds. The van der Waals surface area contributed by atoms with Crippen molar-refractivity contribution in [1.29, 1.82) is 0 Å². The molecule has 0 heterocycles. The van der Waals surface area contributed by atoms with Crippen LogP contribution in [0.3, 0.4) is 0 Å². The van der Waals surface area contributed by atoms with Gasteiger partial charge in [-0.1, -0.05) is 13.8 Å². The number of carbonyl (C=O) groups excluding carboxylic acids is 1. The quantitative estimate of drug-likeness (QED) is 0.689. The van der Waals surface area contributed by atoms with E-state index in [9.17, 15) is 4.79 Å². The van der Waals surface area contributed by atoms with Crippen LogP contribution in [-0.4, -0.2) is 25.7 Å². The van der Waals surface area contributed by atoms with Gasteiger partial charge in [-0.05, 0) is 54.5 Å². The van der Waals surface area contributed by atoms with Crippen molar-refractivity contribution < 1.29 is 14.3 Å². The molecule has 0 aliphatic heterocycles. The number of carbonyl (C=O) groups is 1. The average Bonchev–Trinajstić information content (AvgIpc) is 2.44. The van der Waals surface area contributed by atoms with Crippen molar-refractivity contribution >= 4 is 28.5 Å². The Kier molecular flexibility index (Phi) is 7.72. The molecule has 20 heavy (non-hydrogen) atoms. The fourth-order valence-electron chi connectivity index (χ4n) is 1.65. The number of halogens is 1. The molecule has 0 saturated carbocycles. The lowest BCUT2D eigenvalue weighted by molar-refractivity contribution is 0.0953. The van der Waals surface area contributed by atoms with Crippen LogP contribution in [0.2, 0.25) is 0 Å². The molecule has 1 aromatic rings. The minimum Gasteiger partial charge on any atom is -0.490 e. The lowest BCUT2D eigenvalue weighted by Gasteiger charge is -2.15. The Morgan fingerprint density at radius 3 is 2.55 bits per heavy atom. The van der Waals surface area contributed by atoms with E-state index >= 15 is 0 Å². The Hall–Kier alpha value is -0.980. The zero-order valence-corrected chi connectivity index (χ0v) is 14.5. The molecule has 1 rings (SSSR count). The lowest BCUT2D eigenvalue weighted by Crippen LogP contribution is -2.24. The summed E-state index contributed by atoms with van der Waals surface area (Å²) in [5.41, 5.74) is 0.607. The molecule has 0 bridgehead atoms. The average molecular weight is 391 g/mol. The molecule has 1 N–H and O–H groups in total. The summed E-state index contributed by atoms with van der Waals surface area (Å²) in [7, 11) is 0. The Bertz CT molecular complexity index is 449. The zero-order valence-electron chi connectivity index (χ0n) is 12.3. The molecular formula is C15H22INO3. The van der Waals surface area contributed by atoms with Crippen LogP contribution in [0.4, 0.5) is 0 Å². The standard InChI is InChI=1S/C15H22INO3/c1-4-7-17-15(18)11-9-12(16)14(20-8-5-2)13(10-11)19-6-3/h9-10H,4-8H2,1-3H3,(H,17,18). The largest absolute Gasteiger partial charge is 0.490 e. The van der Waals surface area contributed by atoms with E-state index < -0.39 is 0 Å². The first-order chi connectivity index (χ1) is 9.63. The van der Waals surface area contributed by atoms with Gasteiger partial charge in [-0.25, -0.2) is 0 Å². The topological polar surface area (TPSA) is 47.6 Å².